The van der Waals surface area contributed by atoms with E-state index in [4.69, 9.17) is 14.7 Å². The summed E-state index contributed by atoms with van der Waals surface area (Å²) in [6.07, 6.45) is 7.83. The summed E-state index contributed by atoms with van der Waals surface area (Å²) in [7, 11) is 4.10. The number of hydrogen-bond acceptors (Lipinski definition) is 6. The van der Waals surface area contributed by atoms with Crippen molar-refractivity contribution in [2.75, 3.05) is 38.7 Å². The van der Waals surface area contributed by atoms with Gasteiger partial charge in [-0.3, -0.25) is 4.90 Å². The van der Waals surface area contributed by atoms with Crippen molar-refractivity contribution in [3.05, 3.63) is 41.9 Å². The standard InChI is InChI=1S/C28H39N5O2/c1-19-29-26(20-9-11-23(12-10-20)32(2)3)16-27(30-19)25-17-33-14-13-21(25)15-24(33)18-35-28(34)31-22-7-5-4-6-8-22/h9-12,16,21-22,24-25H,4-8,13-15,17-18H2,1-3H3,(H,31,34). The maximum Gasteiger partial charge on any atom is 0.407 e. The highest BCUT2D eigenvalue weighted by atomic mass is 16.5. The Morgan fingerprint density at radius 1 is 1.11 bits per heavy atom. The first-order valence-electron chi connectivity index (χ1n) is 13.3. The molecule has 1 saturated carbocycles. The fraction of sp³-hybridized carbons (Fsp3) is 0.607. The molecule has 4 atom stereocenters. The van der Waals surface area contributed by atoms with Crippen molar-refractivity contribution in [3.8, 4) is 11.3 Å². The summed E-state index contributed by atoms with van der Waals surface area (Å²) in [5.74, 6) is 1.79. The molecule has 35 heavy (non-hydrogen) atoms. The average molecular weight is 478 g/mol. The number of fused-ring (bicyclic) bond motifs is 3. The van der Waals surface area contributed by atoms with E-state index in [0.717, 1.165) is 55.1 Å². The van der Waals surface area contributed by atoms with Gasteiger partial charge in [-0.25, -0.2) is 14.8 Å². The first-order valence-corrected chi connectivity index (χ1v) is 13.3. The average Bonchev–Trinajstić information content (AvgIpc) is 2.88. The van der Waals surface area contributed by atoms with Crippen molar-refractivity contribution in [1.82, 2.24) is 20.2 Å². The minimum atomic E-state index is -0.243. The first-order chi connectivity index (χ1) is 17.0. The Hall–Kier alpha value is -2.67. The monoisotopic (exact) mass is 477 g/mol. The van der Waals surface area contributed by atoms with E-state index in [1.807, 2.05) is 6.92 Å². The Morgan fingerprint density at radius 2 is 1.89 bits per heavy atom. The number of piperidine rings is 3. The molecular weight excluding hydrogens is 438 g/mol. The number of carbonyl (C=O) groups is 1. The Balaban J connectivity index is 1.22. The third-order valence-electron chi connectivity index (χ3n) is 8.13. The highest BCUT2D eigenvalue weighted by Crippen LogP contribution is 2.42. The van der Waals surface area contributed by atoms with Crippen LogP contribution >= 0.6 is 0 Å². The lowest BCUT2D eigenvalue weighted by molar-refractivity contribution is -0.00403. The second-order valence-electron chi connectivity index (χ2n) is 10.8. The van der Waals surface area contributed by atoms with Crippen molar-refractivity contribution in [3.63, 3.8) is 0 Å². The van der Waals surface area contributed by atoms with Crippen LogP contribution in [0.3, 0.4) is 0 Å². The van der Waals surface area contributed by atoms with Gasteiger partial charge in [0.2, 0.25) is 0 Å². The summed E-state index contributed by atoms with van der Waals surface area (Å²) in [6.45, 7) is 4.51. The second kappa shape index (κ2) is 10.5. The van der Waals surface area contributed by atoms with E-state index < -0.39 is 0 Å². The van der Waals surface area contributed by atoms with Gasteiger partial charge in [0.15, 0.2) is 0 Å². The van der Waals surface area contributed by atoms with Gasteiger partial charge in [0.1, 0.15) is 12.4 Å². The van der Waals surface area contributed by atoms with Gasteiger partial charge in [0.25, 0.3) is 0 Å². The molecule has 1 N–H and O–H groups in total. The second-order valence-corrected chi connectivity index (χ2v) is 10.8. The molecule has 1 aromatic heterocycles. The normalized spacial score (nSPS) is 26.4. The van der Waals surface area contributed by atoms with Gasteiger partial charge in [-0.2, -0.15) is 0 Å². The lowest BCUT2D eigenvalue weighted by Crippen LogP contribution is -2.54. The number of ether oxygens (including phenoxy) is 1. The van der Waals surface area contributed by atoms with Crippen molar-refractivity contribution < 1.29 is 9.53 Å². The molecule has 1 aliphatic carbocycles. The summed E-state index contributed by atoms with van der Waals surface area (Å²) in [4.78, 5) is 26.6. The summed E-state index contributed by atoms with van der Waals surface area (Å²) in [5.41, 5.74) is 4.44. The number of benzene rings is 1. The van der Waals surface area contributed by atoms with Crippen LogP contribution in [0.1, 0.15) is 62.4 Å². The third-order valence-corrected chi connectivity index (χ3v) is 8.13. The molecule has 4 unspecified atom stereocenters. The fourth-order valence-electron chi connectivity index (χ4n) is 6.13. The molecule has 1 amide bonds. The van der Waals surface area contributed by atoms with Gasteiger partial charge in [-0.05, 0) is 63.3 Å². The van der Waals surface area contributed by atoms with E-state index in [2.05, 4.69) is 59.5 Å². The predicted molar refractivity (Wildman–Crippen MR) is 139 cm³/mol. The zero-order valence-electron chi connectivity index (χ0n) is 21.4. The molecule has 0 radical (unpaired) electrons. The molecule has 1 aromatic carbocycles. The van der Waals surface area contributed by atoms with Gasteiger partial charge in [0.05, 0.1) is 5.69 Å². The number of carbonyl (C=O) groups excluding carboxylic acids is 1. The number of nitrogens with zero attached hydrogens (tertiary/aromatic N) is 4. The van der Waals surface area contributed by atoms with Gasteiger partial charge in [0, 0.05) is 55.6 Å². The molecule has 3 saturated heterocycles. The summed E-state index contributed by atoms with van der Waals surface area (Å²) < 4.78 is 5.68. The van der Waals surface area contributed by atoms with Gasteiger partial charge >= 0.3 is 6.09 Å². The van der Waals surface area contributed by atoms with Crippen LogP contribution in [0, 0.1) is 12.8 Å². The van der Waals surface area contributed by atoms with E-state index in [1.54, 1.807) is 0 Å². The highest BCUT2D eigenvalue weighted by Gasteiger charge is 2.42. The van der Waals surface area contributed by atoms with Crippen LogP contribution in [0.25, 0.3) is 11.3 Å². The van der Waals surface area contributed by atoms with Crippen molar-refractivity contribution in [1.29, 1.82) is 0 Å². The summed E-state index contributed by atoms with van der Waals surface area (Å²) >= 11 is 0. The van der Waals surface area contributed by atoms with E-state index in [9.17, 15) is 4.79 Å². The first kappa shape index (κ1) is 24.0. The molecule has 2 aromatic rings. The van der Waals surface area contributed by atoms with Gasteiger partial charge in [-0.15, -0.1) is 0 Å². The SMILES string of the molecule is Cc1nc(-c2ccc(N(C)C)cc2)cc(C2CN3CCC2CC3COC(=O)NC2CCCCC2)n1. The lowest BCUT2D eigenvalue weighted by Gasteiger charge is -2.49. The maximum absolute atomic E-state index is 12.3. The Kier molecular flexibility index (Phi) is 7.23. The van der Waals surface area contributed by atoms with Gasteiger partial charge < -0.3 is 15.0 Å². The summed E-state index contributed by atoms with van der Waals surface area (Å²) in [6, 6.07) is 11.3. The lowest BCUT2D eigenvalue weighted by atomic mass is 9.74. The van der Waals surface area contributed by atoms with Gasteiger partial charge in [-0.1, -0.05) is 31.4 Å². The minimum absolute atomic E-state index is 0.243. The highest BCUT2D eigenvalue weighted by molar-refractivity contribution is 5.67. The van der Waals surface area contributed by atoms with Crippen LogP contribution < -0.4 is 10.2 Å². The summed E-state index contributed by atoms with van der Waals surface area (Å²) in [5, 5.41) is 3.08. The van der Waals surface area contributed by atoms with Crippen LogP contribution in [0.5, 0.6) is 0 Å². The number of rotatable bonds is 6. The molecule has 4 heterocycles. The molecule has 4 aliphatic rings. The molecule has 3 aliphatic heterocycles. The molecule has 7 heteroatoms. The number of aryl methyl sites for hydroxylation is 1. The van der Waals surface area contributed by atoms with Crippen molar-refractivity contribution in [2.24, 2.45) is 5.92 Å². The van der Waals surface area contributed by atoms with Crippen molar-refractivity contribution >= 4 is 11.8 Å². The van der Waals surface area contributed by atoms with Crippen molar-refractivity contribution in [2.45, 2.75) is 69.9 Å². The molecule has 188 valence electrons. The molecule has 7 nitrogen and oxygen atoms in total. The van der Waals surface area contributed by atoms with Crippen LogP contribution in [0.15, 0.2) is 30.3 Å². The minimum Gasteiger partial charge on any atom is -0.448 e. The number of alkyl carbamates (subject to hydrolysis) is 1. The molecule has 6 rings (SSSR count). The van der Waals surface area contributed by atoms with Crippen LogP contribution in [0.4, 0.5) is 10.5 Å². The van der Waals surface area contributed by atoms with Crippen LogP contribution in [0.2, 0.25) is 0 Å². The number of nitrogens with one attached hydrogen (secondary N) is 1. The number of aromatic nitrogens is 2. The fourth-order valence-corrected chi connectivity index (χ4v) is 6.13. The number of amides is 1. The molecule has 2 bridgehead atoms. The van der Waals surface area contributed by atoms with E-state index >= 15 is 0 Å². The Morgan fingerprint density at radius 3 is 2.57 bits per heavy atom. The maximum atomic E-state index is 12.3. The number of anilines is 1. The zero-order valence-corrected chi connectivity index (χ0v) is 21.4. The molecule has 4 fully saturated rings. The Bertz CT molecular complexity index is 1020. The smallest absolute Gasteiger partial charge is 0.407 e. The van der Waals surface area contributed by atoms with E-state index in [0.29, 0.717) is 24.5 Å². The van der Waals surface area contributed by atoms with E-state index in [1.165, 1.54) is 31.4 Å². The topological polar surface area (TPSA) is 70.6 Å². The van der Waals surface area contributed by atoms with Crippen LogP contribution in [-0.4, -0.2) is 66.8 Å². The predicted octanol–water partition coefficient (Wildman–Crippen LogP) is 4.75. The molecular formula is C28H39N5O2. The van der Waals surface area contributed by atoms with Crippen LogP contribution in [-0.2, 0) is 4.74 Å². The quantitative estimate of drug-likeness (QED) is 0.647. The number of hydrogen-bond donors (Lipinski definition) is 1. The largest absolute Gasteiger partial charge is 0.448 e. The Labute approximate surface area is 209 Å². The third kappa shape index (κ3) is 5.61. The van der Waals surface area contributed by atoms with E-state index in [-0.39, 0.29) is 12.1 Å². The zero-order chi connectivity index (χ0) is 24.4. The molecule has 0 spiro atoms.